The van der Waals surface area contributed by atoms with E-state index in [0.29, 0.717) is 35.0 Å². The Morgan fingerprint density at radius 3 is 2.77 bits per heavy atom. The number of rotatable bonds is 2. The van der Waals surface area contributed by atoms with Crippen LogP contribution in [0.15, 0.2) is 0 Å². The van der Waals surface area contributed by atoms with Gasteiger partial charge in [-0.25, -0.2) is 4.79 Å². The number of aromatic hydroxyl groups is 2. The molecule has 1 aliphatic heterocycles. The van der Waals surface area contributed by atoms with Crippen molar-refractivity contribution in [1.82, 2.24) is 4.57 Å². The first-order chi connectivity index (χ1) is 10.3. The Morgan fingerprint density at radius 1 is 1.45 bits per heavy atom. The number of benzene rings is 1. The van der Waals surface area contributed by atoms with Crippen molar-refractivity contribution in [3.05, 3.63) is 16.8 Å². The summed E-state index contributed by atoms with van der Waals surface area (Å²) in [6, 6.07) is 0.145. The van der Waals surface area contributed by atoms with Gasteiger partial charge in [0.05, 0.1) is 23.1 Å². The van der Waals surface area contributed by atoms with E-state index in [1.807, 2.05) is 4.57 Å². The molecular weight excluding hydrogens is 288 g/mol. The van der Waals surface area contributed by atoms with Gasteiger partial charge in [-0.2, -0.15) is 0 Å². The fraction of sp³-hybridized carbons (Fsp3) is 0.357. The van der Waals surface area contributed by atoms with Crippen molar-refractivity contribution in [1.29, 1.82) is 0 Å². The summed E-state index contributed by atoms with van der Waals surface area (Å²) in [5.74, 6) is -0.0955. The van der Waals surface area contributed by atoms with Gasteiger partial charge in [0.25, 0.3) is 0 Å². The third kappa shape index (κ3) is 1.84. The van der Waals surface area contributed by atoms with Crippen LogP contribution in [0.3, 0.4) is 0 Å². The van der Waals surface area contributed by atoms with E-state index in [9.17, 15) is 15.0 Å². The average Bonchev–Trinajstić information content (AvgIpc) is 2.95. The number of phenolic OH excluding ortho intramolecular Hbond substituents is 2. The first kappa shape index (κ1) is 14.3. The largest absolute Gasteiger partial charge is 0.505 e. The normalized spacial score (nSPS) is 16.9. The van der Waals surface area contributed by atoms with Crippen LogP contribution in [0.4, 0.5) is 10.5 Å². The topological polar surface area (TPSA) is 151 Å². The van der Waals surface area contributed by atoms with Gasteiger partial charge in [0.2, 0.25) is 0 Å². The smallest absolute Gasteiger partial charge is 0.404 e. The second kappa shape index (κ2) is 4.70. The quantitative estimate of drug-likeness (QED) is 0.293. The number of aromatic nitrogens is 1. The van der Waals surface area contributed by atoms with Crippen molar-refractivity contribution in [3.63, 3.8) is 0 Å². The Kier molecular flexibility index (Phi) is 3.06. The number of hydrogen-bond acceptors (Lipinski definition) is 5. The van der Waals surface area contributed by atoms with E-state index in [-0.39, 0.29) is 29.8 Å². The van der Waals surface area contributed by atoms with Crippen molar-refractivity contribution in [2.75, 3.05) is 5.73 Å². The molecule has 2 aromatic rings. The molecule has 1 amide bonds. The number of ether oxygens (including phenoxy) is 1. The highest BCUT2D eigenvalue weighted by Crippen LogP contribution is 2.46. The van der Waals surface area contributed by atoms with E-state index >= 15 is 0 Å². The molecule has 1 atom stereocenters. The number of primary amides is 1. The summed E-state index contributed by atoms with van der Waals surface area (Å²) in [5.41, 5.74) is 17.4. The lowest BCUT2D eigenvalue weighted by atomic mass is 10.0. The van der Waals surface area contributed by atoms with Crippen LogP contribution < -0.4 is 17.2 Å². The molecule has 0 radical (unpaired) electrons. The summed E-state index contributed by atoms with van der Waals surface area (Å²) >= 11 is 0. The number of amides is 1. The Labute approximate surface area is 126 Å². The molecule has 0 fully saturated rings. The fourth-order valence-electron chi connectivity index (χ4n) is 3.17. The lowest BCUT2D eigenvalue weighted by Gasteiger charge is -2.11. The molecule has 8 heteroatoms. The highest BCUT2D eigenvalue weighted by Gasteiger charge is 2.32. The number of carbonyl (C=O) groups is 1. The number of fused-ring (bicyclic) bond motifs is 3. The predicted octanol–water partition coefficient (Wildman–Crippen LogP) is -0.295. The molecule has 3 rings (SSSR count). The summed E-state index contributed by atoms with van der Waals surface area (Å²) in [5, 5.41) is 21.2. The number of nitrogen functional groups attached to an aromatic ring is 1. The van der Waals surface area contributed by atoms with Gasteiger partial charge in [-0.05, 0) is 6.92 Å². The molecule has 9 N–H and O–H groups in total. The highest BCUT2D eigenvalue weighted by molar-refractivity contribution is 6.01. The summed E-state index contributed by atoms with van der Waals surface area (Å²) in [4.78, 5) is 10.9. The molecule has 0 saturated carbocycles. The van der Waals surface area contributed by atoms with Crippen LogP contribution in [0, 0.1) is 6.92 Å². The molecule has 1 aromatic heterocycles. The molecule has 1 aliphatic rings. The zero-order chi connectivity index (χ0) is 16.2. The molecule has 1 aromatic carbocycles. The van der Waals surface area contributed by atoms with Gasteiger partial charge >= 0.3 is 6.09 Å². The van der Waals surface area contributed by atoms with Crippen molar-refractivity contribution < 1.29 is 25.5 Å². The second-order valence-electron chi connectivity index (χ2n) is 5.67. The van der Waals surface area contributed by atoms with Crippen LogP contribution in [0.2, 0.25) is 0 Å². The molecule has 118 valence electrons. The van der Waals surface area contributed by atoms with Gasteiger partial charge in [-0.15, -0.1) is 0 Å². The maximum absolute atomic E-state index is 10.9. The lowest BCUT2D eigenvalue weighted by Crippen LogP contribution is -2.61. The third-order valence-corrected chi connectivity index (χ3v) is 4.24. The van der Waals surface area contributed by atoms with Crippen LogP contribution in [-0.4, -0.2) is 26.9 Å². The molecule has 2 heterocycles. The summed E-state index contributed by atoms with van der Waals surface area (Å²) < 4.78 is 6.79. The van der Waals surface area contributed by atoms with Gasteiger partial charge in [-0.3, -0.25) is 0 Å². The first-order valence-corrected chi connectivity index (χ1v) is 6.92. The molecule has 0 bridgehead atoms. The maximum atomic E-state index is 10.9. The molecular formula is C14H19N4O4+. The minimum absolute atomic E-state index is 0.0194. The van der Waals surface area contributed by atoms with E-state index in [1.54, 1.807) is 6.92 Å². The van der Waals surface area contributed by atoms with Gasteiger partial charge in [0.15, 0.2) is 0 Å². The monoisotopic (exact) mass is 307 g/mol. The average molecular weight is 307 g/mol. The second-order valence-corrected chi connectivity index (χ2v) is 5.67. The number of hydrogen-bond donors (Lipinski definition) is 5. The van der Waals surface area contributed by atoms with Crippen LogP contribution in [0.5, 0.6) is 11.5 Å². The van der Waals surface area contributed by atoms with Crippen LogP contribution in [0.25, 0.3) is 10.9 Å². The standard InChI is InChI=1S/C14H18N4O4/c1-5-10(16)13(20)9-7(4-22-14(17)21)8-2-6(15)3-18(8)11(9)12(5)19/h6,19-20H,2-4,15-16H2,1H3,(H2,17,21)/p+1/t6-/m1/s1. The highest BCUT2D eigenvalue weighted by atomic mass is 16.5. The molecule has 0 aliphatic carbocycles. The van der Waals surface area contributed by atoms with E-state index in [1.165, 1.54) is 0 Å². The molecule has 0 spiro atoms. The van der Waals surface area contributed by atoms with Crippen LogP contribution in [-0.2, 0) is 24.3 Å². The predicted molar refractivity (Wildman–Crippen MR) is 79.2 cm³/mol. The van der Waals surface area contributed by atoms with Crippen molar-refractivity contribution >= 4 is 22.7 Å². The van der Waals surface area contributed by atoms with Crippen molar-refractivity contribution in [3.8, 4) is 11.5 Å². The van der Waals surface area contributed by atoms with E-state index < -0.39 is 6.09 Å². The SMILES string of the molecule is Cc1c(N)c(O)c2c(COC(N)=O)c3n(c2c1O)C[C@H]([NH3+])C3. The molecule has 0 saturated heterocycles. The zero-order valence-corrected chi connectivity index (χ0v) is 12.2. The summed E-state index contributed by atoms with van der Waals surface area (Å²) in [6.45, 7) is 2.16. The Morgan fingerprint density at radius 2 is 2.14 bits per heavy atom. The fourth-order valence-corrected chi connectivity index (χ4v) is 3.17. The summed E-state index contributed by atoms with van der Waals surface area (Å²) in [6.07, 6.45) is -0.245. The van der Waals surface area contributed by atoms with Crippen molar-refractivity contribution in [2.45, 2.75) is 32.5 Å². The van der Waals surface area contributed by atoms with E-state index in [4.69, 9.17) is 16.2 Å². The van der Waals surface area contributed by atoms with Crippen molar-refractivity contribution in [2.24, 2.45) is 5.73 Å². The molecule has 0 unspecified atom stereocenters. The number of anilines is 1. The number of quaternary nitrogens is 1. The minimum Gasteiger partial charge on any atom is -0.505 e. The van der Waals surface area contributed by atoms with Gasteiger partial charge < -0.3 is 36.7 Å². The Balaban J connectivity index is 2.33. The van der Waals surface area contributed by atoms with Crippen LogP contribution >= 0.6 is 0 Å². The molecule has 22 heavy (non-hydrogen) atoms. The number of carbonyl (C=O) groups excluding carboxylic acids is 1. The maximum Gasteiger partial charge on any atom is 0.404 e. The van der Waals surface area contributed by atoms with E-state index in [0.717, 1.165) is 5.69 Å². The third-order valence-electron chi connectivity index (χ3n) is 4.24. The molecule has 8 nitrogen and oxygen atoms in total. The van der Waals surface area contributed by atoms with Gasteiger partial charge in [-0.1, -0.05) is 0 Å². The lowest BCUT2D eigenvalue weighted by molar-refractivity contribution is -0.418. The number of nitrogens with two attached hydrogens (primary N) is 2. The Bertz CT molecular complexity index is 796. The number of phenols is 2. The van der Waals surface area contributed by atoms with Crippen LogP contribution in [0.1, 0.15) is 16.8 Å². The van der Waals surface area contributed by atoms with Gasteiger partial charge in [0, 0.05) is 23.2 Å². The minimum atomic E-state index is -0.902. The summed E-state index contributed by atoms with van der Waals surface area (Å²) in [7, 11) is 0. The van der Waals surface area contributed by atoms with E-state index in [2.05, 4.69) is 5.73 Å². The Hall–Kier alpha value is -2.61. The zero-order valence-electron chi connectivity index (χ0n) is 12.2. The number of nitrogens with zero attached hydrogens (tertiary/aromatic N) is 1. The van der Waals surface area contributed by atoms with Gasteiger partial charge in [0.1, 0.15) is 24.1 Å². The first-order valence-electron chi connectivity index (χ1n) is 6.92.